The molecule has 1 aromatic carbocycles. The van der Waals surface area contributed by atoms with Crippen molar-refractivity contribution < 1.29 is 9.72 Å². The fraction of sp³-hybridized carbons (Fsp3) is 0.438. The highest BCUT2D eigenvalue weighted by atomic mass is 16.6. The summed E-state index contributed by atoms with van der Waals surface area (Å²) in [5.41, 5.74) is 6.32. The Kier molecular flexibility index (Phi) is 4.75. The molecule has 0 bridgehead atoms. The summed E-state index contributed by atoms with van der Waals surface area (Å²) < 4.78 is 1.31. The number of carbonyl (C=O) groups is 1. The zero-order valence-corrected chi connectivity index (χ0v) is 13.9. The van der Waals surface area contributed by atoms with Gasteiger partial charge in [0.1, 0.15) is 18.3 Å². The van der Waals surface area contributed by atoms with Gasteiger partial charge in [-0.05, 0) is 37.8 Å². The van der Waals surface area contributed by atoms with Gasteiger partial charge in [-0.1, -0.05) is 0 Å². The van der Waals surface area contributed by atoms with E-state index in [1.54, 1.807) is 11.0 Å². The summed E-state index contributed by atoms with van der Waals surface area (Å²) in [5, 5.41) is 15.3. The van der Waals surface area contributed by atoms with E-state index in [0.29, 0.717) is 24.6 Å². The van der Waals surface area contributed by atoms with Crippen molar-refractivity contribution in [2.24, 2.45) is 11.7 Å². The molecule has 2 aromatic rings. The number of hydrogen-bond donors (Lipinski definition) is 1. The molecule has 2 N–H and O–H groups in total. The predicted octanol–water partition coefficient (Wildman–Crippen LogP) is 1.37. The summed E-state index contributed by atoms with van der Waals surface area (Å²) in [6.45, 7) is 3.21. The highest BCUT2D eigenvalue weighted by Crippen LogP contribution is 2.26. The quantitative estimate of drug-likeness (QED) is 0.661. The van der Waals surface area contributed by atoms with E-state index < -0.39 is 4.92 Å². The predicted molar refractivity (Wildman–Crippen MR) is 90.3 cm³/mol. The Bertz CT molecular complexity index is 766. The summed E-state index contributed by atoms with van der Waals surface area (Å²) in [6.07, 6.45) is 4.37. The first-order valence-corrected chi connectivity index (χ1v) is 8.15. The molecule has 0 radical (unpaired) electrons. The van der Waals surface area contributed by atoms with Crippen LogP contribution in [-0.4, -0.2) is 49.6 Å². The first-order chi connectivity index (χ1) is 12.0. The van der Waals surface area contributed by atoms with E-state index in [2.05, 4.69) is 10.1 Å². The van der Waals surface area contributed by atoms with Crippen LogP contribution in [-0.2, 0) is 0 Å². The van der Waals surface area contributed by atoms with Gasteiger partial charge in [-0.3, -0.25) is 14.9 Å². The first-order valence-electron chi connectivity index (χ1n) is 8.15. The summed E-state index contributed by atoms with van der Waals surface area (Å²) >= 11 is 0. The molecule has 3 rings (SSSR count). The van der Waals surface area contributed by atoms with Crippen molar-refractivity contribution in [3.63, 3.8) is 0 Å². The van der Waals surface area contributed by atoms with Crippen molar-refractivity contribution in [3.8, 4) is 5.69 Å². The number of piperidine rings is 1. The normalized spacial score (nSPS) is 16.6. The lowest BCUT2D eigenvalue weighted by Crippen LogP contribution is -2.42. The number of hydrogen-bond acceptors (Lipinski definition) is 6. The van der Waals surface area contributed by atoms with Crippen molar-refractivity contribution in [3.05, 3.63) is 46.5 Å². The van der Waals surface area contributed by atoms with Crippen LogP contribution in [0.3, 0.4) is 0 Å². The van der Waals surface area contributed by atoms with E-state index in [1.807, 2.05) is 6.92 Å². The van der Waals surface area contributed by atoms with E-state index in [0.717, 1.165) is 12.8 Å². The van der Waals surface area contributed by atoms with E-state index in [9.17, 15) is 14.9 Å². The number of benzene rings is 1. The largest absolute Gasteiger partial charge is 0.339 e. The van der Waals surface area contributed by atoms with E-state index in [4.69, 9.17) is 5.73 Å². The molecule has 9 nitrogen and oxygen atoms in total. The molecule has 0 saturated carbocycles. The van der Waals surface area contributed by atoms with Gasteiger partial charge in [0.2, 0.25) is 0 Å². The molecule has 2 heterocycles. The molecule has 0 spiro atoms. The second-order valence-corrected chi connectivity index (χ2v) is 6.29. The average Bonchev–Trinajstić information content (AvgIpc) is 3.15. The Labute approximate surface area is 144 Å². The molecule has 25 heavy (non-hydrogen) atoms. The highest BCUT2D eigenvalue weighted by molar-refractivity contribution is 5.95. The molecule has 1 unspecified atom stereocenters. The number of carbonyl (C=O) groups excluding carboxylic acids is 1. The van der Waals surface area contributed by atoms with Crippen LogP contribution in [0.15, 0.2) is 30.9 Å². The topological polar surface area (TPSA) is 120 Å². The maximum atomic E-state index is 12.7. The molecule has 1 aromatic heterocycles. The summed E-state index contributed by atoms with van der Waals surface area (Å²) in [4.78, 5) is 29.1. The van der Waals surface area contributed by atoms with Gasteiger partial charge in [-0.2, -0.15) is 5.10 Å². The molecule has 0 aliphatic carbocycles. The molecule has 1 fully saturated rings. The molecule has 132 valence electrons. The Balaban J connectivity index is 1.82. The molecule has 1 aliphatic rings. The van der Waals surface area contributed by atoms with Gasteiger partial charge in [0, 0.05) is 30.8 Å². The van der Waals surface area contributed by atoms with Gasteiger partial charge in [0.05, 0.1) is 4.92 Å². The SMILES string of the molecule is CC(N)C1CCN(C(=O)c2ccc(-n3cncn3)c([N+](=O)[O-])c2)CC1. The number of aromatic nitrogens is 3. The maximum Gasteiger partial charge on any atom is 0.295 e. The molecule has 9 heteroatoms. The minimum Gasteiger partial charge on any atom is -0.339 e. The fourth-order valence-corrected chi connectivity index (χ4v) is 3.14. The number of nitro groups is 1. The summed E-state index contributed by atoms with van der Waals surface area (Å²) in [6, 6.07) is 4.52. The molecule has 1 amide bonds. The van der Waals surface area contributed by atoms with Crippen molar-refractivity contribution >= 4 is 11.6 Å². The Morgan fingerprint density at radius 2 is 2.12 bits per heavy atom. The van der Waals surface area contributed by atoms with E-state index in [1.165, 1.54) is 29.5 Å². The number of nitrogens with two attached hydrogens (primary N) is 1. The number of likely N-dealkylation sites (tertiary alicyclic amines) is 1. The number of rotatable bonds is 4. The van der Waals surface area contributed by atoms with Crippen LogP contribution >= 0.6 is 0 Å². The first kappa shape index (κ1) is 17.0. The lowest BCUT2D eigenvalue weighted by atomic mass is 9.90. The molecular weight excluding hydrogens is 324 g/mol. The maximum absolute atomic E-state index is 12.7. The lowest BCUT2D eigenvalue weighted by molar-refractivity contribution is -0.384. The Morgan fingerprint density at radius 3 is 2.68 bits per heavy atom. The Morgan fingerprint density at radius 1 is 1.40 bits per heavy atom. The van der Waals surface area contributed by atoms with Crippen molar-refractivity contribution in [2.75, 3.05) is 13.1 Å². The van der Waals surface area contributed by atoms with Gasteiger partial charge in [-0.15, -0.1) is 0 Å². The zero-order valence-electron chi connectivity index (χ0n) is 13.9. The third-order valence-electron chi connectivity index (χ3n) is 4.66. The van der Waals surface area contributed by atoms with Gasteiger partial charge < -0.3 is 10.6 Å². The smallest absolute Gasteiger partial charge is 0.295 e. The van der Waals surface area contributed by atoms with Crippen LogP contribution < -0.4 is 5.73 Å². The minimum atomic E-state index is -0.518. The van der Waals surface area contributed by atoms with Crippen molar-refractivity contribution in [2.45, 2.75) is 25.8 Å². The van der Waals surface area contributed by atoms with Crippen LogP contribution in [0, 0.1) is 16.0 Å². The van der Waals surface area contributed by atoms with Crippen LogP contribution in [0.25, 0.3) is 5.69 Å². The van der Waals surface area contributed by atoms with Crippen LogP contribution in [0.2, 0.25) is 0 Å². The third kappa shape index (κ3) is 3.50. The van der Waals surface area contributed by atoms with Gasteiger partial charge in [-0.25, -0.2) is 9.67 Å². The van der Waals surface area contributed by atoms with E-state index >= 15 is 0 Å². The van der Waals surface area contributed by atoms with Crippen molar-refractivity contribution in [1.82, 2.24) is 19.7 Å². The van der Waals surface area contributed by atoms with Crippen LogP contribution in [0.1, 0.15) is 30.1 Å². The average molecular weight is 344 g/mol. The summed E-state index contributed by atoms with van der Waals surface area (Å²) in [7, 11) is 0. The fourth-order valence-electron chi connectivity index (χ4n) is 3.14. The molecule has 1 aliphatic heterocycles. The van der Waals surface area contributed by atoms with Gasteiger partial charge >= 0.3 is 0 Å². The Hall–Kier alpha value is -2.81. The molecular formula is C16H20N6O3. The lowest BCUT2D eigenvalue weighted by Gasteiger charge is -2.33. The molecule has 1 saturated heterocycles. The number of amides is 1. The number of nitrogens with zero attached hydrogens (tertiary/aromatic N) is 5. The van der Waals surface area contributed by atoms with Gasteiger partial charge in [0.25, 0.3) is 11.6 Å². The monoisotopic (exact) mass is 344 g/mol. The van der Waals surface area contributed by atoms with Crippen LogP contribution in [0.4, 0.5) is 5.69 Å². The molecule has 1 atom stereocenters. The second kappa shape index (κ2) is 6.98. The van der Waals surface area contributed by atoms with Crippen LogP contribution in [0.5, 0.6) is 0 Å². The summed E-state index contributed by atoms with van der Waals surface area (Å²) in [5.74, 6) is 0.212. The standard InChI is InChI=1S/C16H20N6O3/c1-11(17)12-4-6-20(7-5-12)16(23)13-2-3-14(15(8-13)22(24)25)21-10-18-9-19-21/h2-3,8-12H,4-7,17H2,1H3. The number of nitro benzene ring substituents is 1. The third-order valence-corrected chi connectivity index (χ3v) is 4.66. The second-order valence-electron chi connectivity index (χ2n) is 6.29. The van der Waals surface area contributed by atoms with Gasteiger partial charge in [0.15, 0.2) is 0 Å². The highest BCUT2D eigenvalue weighted by Gasteiger charge is 2.27. The van der Waals surface area contributed by atoms with E-state index in [-0.39, 0.29) is 23.3 Å². The zero-order chi connectivity index (χ0) is 18.0. The van der Waals surface area contributed by atoms with Crippen molar-refractivity contribution in [1.29, 1.82) is 0 Å². The minimum absolute atomic E-state index is 0.111.